The van der Waals surface area contributed by atoms with Gasteiger partial charge in [0.05, 0.1) is 12.2 Å². The number of fused-ring (bicyclic) bond motifs is 1. The summed E-state index contributed by atoms with van der Waals surface area (Å²) in [6.07, 6.45) is 16.6. The van der Waals surface area contributed by atoms with E-state index in [1.54, 1.807) is 24.7 Å². The van der Waals surface area contributed by atoms with Crippen LogP contribution in [0.25, 0.3) is 11.4 Å². The molecule has 8 nitrogen and oxygen atoms in total. The lowest BCUT2D eigenvalue weighted by atomic mass is 10.1. The summed E-state index contributed by atoms with van der Waals surface area (Å²) in [7, 11) is 0. The second-order valence-electron chi connectivity index (χ2n) is 8.70. The highest BCUT2D eigenvalue weighted by atomic mass is 16.2. The van der Waals surface area contributed by atoms with Crippen LogP contribution < -0.4 is 10.6 Å². The zero-order valence-electron chi connectivity index (χ0n) is 23.2. The summed E-state index contributed by atoms with van der Waals surface area (Å²) in [5.41, 5.74) is 4.74. The largest absolute Gasteiger partial charge is 0.369 e. The molecule has 5 rings (SSSR count). The molecule has 0 bridgehead atoms. The van der Waals surface area contributed by atoms with Crippen molar-refractivity contribution in [3.63, 3.8) is 0 Å². The highest BCUT2D eigenvalue weighted by molar-refractivity contribution is 5.77. The van der Waals surface area contributed by atoms with Crippen LogP contribution in [0.5, 0.6) is 0 Å². The molecule has 1 aliphatic heterocycles. The number of urea groups is 1. The number of aromatic nitrogens is 4. The molecule has 0 saturated heterocycles. The van der Waals surface area contributed by atoms with Crippen molar-refractivity contribution in [2.24, 2.45) is 0 Å². The summed E-state index contributed by atoms with van der Waals surface area (Å²) in [4.78, 5) is 33.0. The second kappa shape index (κ2) is 15.8. The van der Waals surface area contributed by atoms with E-state index >= 15 is 0 Å². The first-order valence-electron chi connectivity index (χ1n) is 13.6. The second-order valence-corrected chi connectivity index (χ2v) is 8.70. The van der Waals surface area contributed by atoms with Crippen molar-refractivity contribution < 1.29 is 4.79 Å². The molecule has 2 N–H and O–H groups in total. The number of pyridine rings is 2. The molecule has 0 unspecified atom stereocenters. The van der Waals surface area contributed by atoms with Gasteiger partial charge in [0.25, 0.3) is 0 Å². The van der Waals surface area contributed by atoms with Crippen LogP contribution >= 0.6 is 0 Å². The molecule has 3 aromatic rings. The number of carbonyl (C=O) groups is 1. The van der Waals surface area contributed by atoms with Crippen LogP contribution in [0.3, 0.4) is 0 Å². The van der Waals surface area contributed by atoms with Gasteiger partial charge in [-0.3, -0.25) is 9.97 Å². The molecule has 204 valence electrons. The van der Waals surface area contributed by atoms with E-state index in [0.717, 1.165) is 53.3 Å². The summed E-state index contributed by atoms with van der Waals surface area (Å²) < 4.78 is 0. The third-order valence-electron chi connectivity index (χ3n) is 5.93. The monoisotopic (exact) mass is 525 g/mol. The lowest BCUT2D eigenvalue weighted by molar-refractivity contribution is 0.195. The normalized spacial score (nSPS) is 13.4. The lowest BCUT2D eigenvalue weighted by Gasteiger charge is -2.30. The first kappa shape index (κ1) is 29.2. The molecule has 0 saturated carbocycles. The van der Waals surface area contributed by atoms with Gasteiger partial charge in [-0.15, -0.1) is 6.58 Å². The minimum Gasteiger partial charge on any atom is -0.369 e. The van der Waals surface area contributed by atoms with Crippen LogP contribution in [-0.2, 0) is 19.4 Å². The van der Waals surface area contributed by atoms with Crippen LogP contribution in [-0.4, -0.2) is 44.0 Å². The number of rotatable bonds is 6. The maximum atomic E-state index is 12.9. The molecule has 39 heavy (non-hydrogen) atoms. The number of hydrogen-bond donors (Lipinski definition) is 2. The van der Waals surface area contributed by atoms with Crippen LogP contribution in [0.2, 0.25) is 0 Å². The van der Waals surface area contributed by atoms with Gasteiger partial charge in [-0.05, 0) is 50.1 Å². The van der Waals surface area contributed by atoms with E-state index in [0.29, 0.717) is 31.9 Å². The Bertz CT molecular complexity index is 1260. The first-order chi connectivity index (χ1) is 19.2. The zero-order valence-corrected chi connectivity index (χ0v) is 23.2. The van der Waals surface area contributed by atoms with Gasteiger partial charge in [0.1, 0.15) is 5.82 Å². The summed E-state index contributed by atoms with van der Waals surface area (Å²) in [6.45, 7) is 11.0. The Morgan fingerprint density at radius 2 is 1.90 bits per heavy atom. The predicted molar refractivity (Wildman–Crippen MR) is 158 cm³/mol. The number of carbonyl (C=O) groups excluding carboxylic acids is 1. The van der Waals surface area contributed by atoms with Gasteiger partial charge >= 0.3 is 6.03 Å². The molecule has 1 aliphatic carbocycles. The third kappa shape index (κ3) is 8.60. The molecule has 0 atom stereocenters. The maximum Gasteiger partial charge on any atom is 0.322 e. The molecule has 3 aromatic heterocycles. The number of nitrogens with zero attached hydrogens (tertiary/aromatic N) is 5. The van der Waals surface area contributed by atoms with Crippen LogP contribution in [0, 0.1) is 0 Å². The van der Waals surface area contributed by atoms with Gasteiger partial charge in [-0.25, -0.2) is 14.8 Å². The fraction of sp³-hybridized carbons (Fsp3) is 0.323. The van der Waals surface area contributed by atoms with E-state index in [2.05, 4.69) is 39.3 Å². The summed E-state index contributed by atoms with van der Waals surface area (Å²) in [5.74, 6) is 1.43. The average molecular weight is 526 g/mol. The van der Waals surface area contributed by atoms with Crippen molar-refractivity contribution in [1.82, 2.24) is 30.2 Å². The minimum absolute atomic E-state index is 0.0962. The summed E-state index contributed by atoms with van der Waals surface area (Å²) >= 11 is 0. The van der Waals surface area contributed by atoms with Crippen molar-refractivity contribution in [2.45, 2.75) is 53.0 Å². The SMILES string of the molecule is C=CC.CC.O=C(NC1=CCCC=C1)N1CCc2nc(-c3ccncc3)nc(NCCc3ccccn3)c2C1. The van der Waals surface area contributed by atoms with Gasteiger partial charge < -0.3 is 15.5 Å². The van der Waals surface area contributed by atoms with Gasteiger partial charge in [-0.2, -0.15) is 0 Å². The number of nitrogens with one attached hydrogen (secondary N) is 2. The Kier molecular flexibility index (Phi) is 11.9. The molecule has 0 spiro atoms. The Morgan fingerprint density at radius 3 is 2.59 bits per heavy atom. The topological polar surface area (TPSA) is 95.9 Å². The van der Waals surface area contributed by atoms with Gasteiger partial charge in [0.15, 0.2) is 5.82 Å². The molecule has 8 heteroatoms. The van der Waals surface area contributed by atoms with E-state index in [1.807, 2.05) is 62.1 Å². The molecule has 2 amide bonds. The van der Waals surface area contributed by atoms with Gasteiger partial charge in [-0.1, -0.05) is 38.1 Å². The van der Waals surface area contributed by atoms with E-state index in [1.165, 1.54) is 0 Å². The summed E-state index contributed by atoms with van der Waals surface area (Å²) in [6, 6.07) is 9.64. The number of anilines is 1. The first-order valence-corrected chi connectivity index (χ1v) is 13.6. The third-order valence-corrected chi connectivity index (χ3v) is 5.93. The Hall–Kier alpha value is -4.33. The highest BCUT2D eigenvalue weighted by Crippen LogP contribution is 2.27. The van der Waals surface area contributed by atoms with E-state index in [9.17, 15) is 4.79 Å². The smallest absolute Gasteiger partial charge is 0.322 e. The number of amides is 2. The van der Waals surface area contributed by atoms with E-state index in [-0.39, 0.29) is 6.03 Å². The van der Waals surface area contributed by atoms with Gasteiger partial charge in [0.2, 0.25) is 0 Å². The molecule has 0 fully saturated rings. The maximum absolute atomic E-state index is 12.9. The van der Waals surface area contributed by atoms with Crippen molar-refractivity contribution in [3.8, 4) is 11.4 Å². The quantitative estimate of drug-likeness (QED) is 0.377. The molecule has 2 aliphatic rings. The fourth-order valence-electron chi connectivity index (χ4n) is 4.13. The minimum atomic E-state index is -0.0962. The molecule has 0 aromatic carbocycles. The molecule has 4 heterocycles. The Morgan fingerprint density at radius 1 is 1.10 bits per heavy atom. The highest BCUT2D eigenvalue weighted by Gasteiger charge is 2.26. The van der Waals surface area contributed by atoms with Crippen LogP contribution in [0.15, 0.2) is 85.5 Å². The average Bonchev–Trinajstić information content (AvgIpc) is 3.00. The lowest BCUT2D eigenvalue weighted by Crippen LogP contribution is -2.43. The van der Waals surface area contributed by atoms with E-state index in [4.69, 9.17) is 9.97 Å². The van der Waals surface area contributed by atoms with E-state index < -0.39 is 0 Å². The number of allylic oxidation sites excluding steroid dienone is 4. The standard InChI is InChI=1S/C26H27N7O.C3H6.C2H6/c34-26(30-21-7-2-1-3-8-21)33-17-12-23-22(18-33)25(29-16-11-20-6-4-5-13-28-20)32-24(31-23)19-9-14-27-15-10-19;1-3-2;1-2/h2,4-10,13-15H,1,3,11-12,16-18H2,(H,30,34)(H,29,31,32);3H,1H2,2H3;1-2H3. The van der Waals surface area contributed by atoms with Crippen LogP contribution in [0.4, 0.5) is 10.6 Å². The summed E-state index contributed by atoms with van der Waals surface area (Å²) in [5, 5.41) is 6.51. The zero-order chi connectivity index (χ0) is 27.9. The number of hydrogen-bond acceptors (Lipinski definition) is 6. The van der Waals surface area contributed by atoms with Crippen LogP contribution in [0.1, 0.15) is 50.6 Å². The molecule has 0 radical (unpaired) electrons. The predicted octanol–water partition coefficient (Wildman–Crippen LogP) is 6.11. The molecular weight excluding hydrogens is 486 g/mol. The van der Waals surface area contributed by atoms with Crippen molar-refractivity contribution in [1.29, 1.82) is 0 Å². The fourth-order valence-corrected chi connectivity index (χ4v) is 4.13. The Labute approximate surface area is 232 Å². The Balaban J connectivity index is 0.000000787. The molecular formula is C31H39N7O. The van der Waals surface area contributed by atoms with Crippen molar-refractivity contribution >= 4 is 11.8 Å². The van der Waals surface area contributed by atoms with Crippen molar-refractivity contribution in [3.05, 3.63) is 102 Å². The van der Waals surface area contributed by atoms with Gasteiger partial charge in [0, 0.05) is 67.0 Å². The van der Waals surface area contributed by atoms with Crippen molar-refractivity contribution in [2.75, 3.05) is 18.4 Å².